The lowest BCUT2D eigenvalue weighted by atomic mass is 10.2. The van der Waals surface area contributed by atoms with Gasteiger partial charge in [-0.2, -0.15) is 13.2 Å². The van der Waals surface area contributed by atoms with Crippen LogP contribution in [0, 0.1) is 0 Å². The lowest BCUT2D eigenvalue weighted by Gasteiger charge is -2.05. The lowest BCUT2D eigenvalue weighted by Crippen LogP contribution is -2.10. The molecule has 0 saturated heterocycles. The average Bonchev–Trinajstić information content (AvgIpc) is 2.40. The molecule has 0 spiro atoms. The molecule has 2 aromatic rings. The summed E-state index contributed by atoms with van der Waals surface area (Å²) < 4.78 is 36.7. The second kappa shape index (κ2) is 6.12. The van der Waals surface area contributed by atoms with Gasteiger partial charge in [0.15, 0.2) is 0 Å². The molecule has 0 radical (unpaired) electrons. The van der Waals surface area contributed by atoms with Crippen molar-refractivity contribution in [2.75, 3.05) is 5.73 Å². The largest absolute Gasteiger partial charge is 0.451 e. The number of nitrogens with two attached hydrogens (primary N) is 1. The summed E-state index contributed by atoms with van der Waals surface area (Å²) in [6.45, 7) is 4.00. The summed E-state index contributed by atoms with van der Waals surface area (Å²) in [5, 5.41) is 0. The van der Waals surface area contributed by atoms with Crippen molar-refractivity contribution in [3.63, 3.8) is 0 Å². The zero-order chi connectivity index (χ0) is 14.5. The van der Waals surface area contributed by atoms with Gasteiger partial charge in [-0.25, -0.2) is 15.0 Å². The molecule has 2 aromatic heterocycles. The van der Waals surface area contributed by atoms with Gasteiger partial charge in [0.2, 0.25) is 5.82 Å². The van der Waals surface area contributed by atoms with Crippen LogP contribution in [0.15, 0.2) is 30.6 Å². The van der Waals surface area contributed by atoms with Crippen LogP contribution in [0.2, 0.25) is 0 Å². The number of halogens is 3. The number of anilines is 1. The number of hydrogen-bond acceptors (Lipinski definition) is 4. The van der Waals surface area contributed by atoms with E-state index in [4.69, 9.17) is 5.73 Å². The van der Waals surface area contributed by atoms with Gasteiger partial charge in [0, 0.05) is 18.0 Å². The molecule has 0 bridgehead atoms. The zero-order valence-corrected chi connectivity index (χ0v) is 10.4. The molecule has 102 valence electrons. The molecule has 0 amide bonds. The molecule has 0 unspecified atom stereocenters. The second-order valence-electron chi connectivity index (χ2n) is 3.24. The van der Waals surface area contributed by atoms with E-state index >= 15 is 0 Å². The van der Waals surface area contributed by atoms with Crippen molar-refractivity contribution in [1.82, 2.24) is 15.0 Å². The van der Waals surface area contributed by atoms with Gasteiger partial charge in [0.05, 0.1) is 5.69 Å². The molecule has 0 aliphatic rings. The van der Waals surface area contributed by atoms with Crippen molar-refractivity contribution in [3.05, 3.63) is 36.4 Å². The summed E-state index contributed by atoms with van der Waals surface area (Å²) in [4.78, 5) is 10.4. The van der Waals surface area contributed by atoms with Crippen LogP contribution in [0.5, 0.6) is 0 Å². The molecule has 7 heteroatoms. The van der Waals surface area contributed by atoms with E-state index in [1.807, 2.05) is 13.8 Å². The average molecular weight is 270 g/mol. The lowest BCUT2D eigenvalue weighted by molar-refractivity contribution is -0.144. The van der Waals surface area contributed by atoms with E-state index in [1.165, 1.54) is 0 Å². The molecule has 0 saturated carbocycles. The molecule has 2 heterocycles. The van der Waals surface area contributed by atoms with Crippen LogP contribution in [0.3, 0.4) is 0 Å². The standard InChI is InChI=1S/C10H7F3N4.C2H6/c11-10(12,13)9-15-4-6(5-16-9)7-2-1-3-8(14)17-7;1-2/h1-5H,(H2,14,17);1-2H3. The maximum Gasteiger partial charge on any atom is 0.451 e. The van der Waals surface area contributed by atoms with Gasteiger partial charge >= 0.3 is 6.18 Å². The van der Waals surface area contributed by atoms with Gasteiger partial charge in [-0.15, -0.1) is 0 Å². The van der Waals surface area contributed by atoms with Crippen molar-refractivity contribution in [2.24, 2.45) is 0 Å². The van der Waals surface area contributed by atoms with E-state index in [0.29, 0.717) is 11.3 Å². The highest BCUT2D eigenvalue weighted by Crippen LogP contribution is 2.26. The molecule has 2 N–H and O–H groups in total. The Kier molecular flexibility index (Phi) is 4.80. The predicted molar refractivity (Wildman–Crippen MR) is 66.0 cm³/mol. The third-order valence-electron chi connectivity index (χ3n) is 1.97. The number of rotatable bonds is 1. The monoisotopic (exact) mass is 270 g/mol. The smallest absolute Gasteiger partial charge is 0.384 e. The fraction of sp³-hybridized carbons (Fsp3) is 0.250. The number of aromatic nitrogens is 3. The Labute approximate surface area is 108 Å². The Bertz CT molecular complexity index is 523. The normalized spacial score (nSPS) is 10.6. The van der Waals surface area contributed by atoms with Crippen molar-refractivity contribution >= 4 is 5.82 Å². The Morgan fingerprint density at radius 1 is 1.05 bits per heavy atom. The van der Waals surface area contributed by atoms with Gasteiger partial charge in [0.1, 0.15) is 5.82 Å². The quantitative estimate of drug-likeness (QED) is 0.864. The van der Waals surface area contributed by atoms with Crippen LogP contribution in [0.25, 0.3) is 11.3 Å². The van der Waals surface area contributed by atoms with E-state index in [9.17, 15) is 13.2 Å². The van der Waals surface area contributed by atoms with Crippen molar-refractivity contribution in [1.29, 1.82) is 0 Å². The summed E-state index contributed by atoms with van der Waals surface area (Å²) in [6.07, 6.45) is -2.41. The first kappa shape index (κ1) is 14.9. The molecule has 0 aromatic carbocycles. The van der Waals surface area contributed by atoms with Gasteiger partial charge in [-0.1, -0.05) is 19.9 Å². The third-order valence-corrected chi connectivity index (χ3v) is 1.97. The molecule has 0 atom stereocenters. The summed E-state index contributed by atoms with van der Waals surface area (Å²) in [7, 11) is 0. The van der Waals surface area contributed by atoms with Crippen LogP contribution in [-0.2, 0) is 6.18 Å². The third kappa shape index (κ3) is 3.90. The van der Waals surface area contributed by atoms with E-state index in [1.54, 1.807) is 18.2 Å². The molecule has 19 heavy (non-hydrogen) atoms. The maximum absolute atomic E-state index is 12.2. The first-order valence-electron chi connectivity index (χ1n) is 5.59. The zero-order valence-electron chi connectivity index (χ0n) is 10.4. The maximum atomic E-state index is 12.2. The van der Waals surface area contributed by atoms with Crippen molar-refractivity contribution in [3.8, 4) is 11.3 Å². The van der Waals surface area contributed by atoms with Crippen LogP contribution >= 0.6 is 0 Å². The number of nitrogen functional groups attached to an aromatic ring is 1. The van der Waals surface area contributed by atoms with E-state index in [2.05, 4.69) is 15.0 Å². The Hall–Kier alpha value is -2.18. The minimum atomic E-state index is -4.54. The van der Waals surface area contributed by atoms with E-state index < -0.39 is 12.0 Å². The summed E-state index contributed by atoms with van der Waals surface area (Å²) in [5.74, 6) is -0.896. The highest BCUT2D eigenvalue weighted by molar-refractivity contribution is 5.58. The van der Waals surface area contributed by atoms with E-state index in [-0.39, 0.29) is 5.82 Å². The molecule has 0 aliphatic carbocycles. The van der Waals surface area contributed by atoms with Crippen LogP contribution in [0.1, 0.15) is 19.7 Å². The van der Waals surface area contributed by atoms with Gasteiger partial charge < -0.3 is 5.73 Å². The summed E-state index contributed by atoms with van der Waals surface area (Å²) in [6, 6.07) is 4.84. The van der Waals surface area contributed by atoms with Crippen molar-refractivity contribution in [2.45, 2.75) is 20.0 Å². The Morgan fingerprint density at radius 3 is 2.11 bits per heavy atom. The number of hydrogen-bond donors (Lipinski definition) is 1. The van der Waals surface area contributed by atoms with Gasteiger partial charge in [0.25, 0.3) is 0 Å². The first-order chi connectivity index (χ1) is 8.97. The van der Waals surface area contributed by atoms with Crippen LogP contribution in [0.4, 0.5) is 19.0 Å². The minimum Gasteiger partial charge on any atom is -0.384 e. The summed E-state index contributed by atoms with van der Waals surface area (Å²) >= 11 is 0. The summed E-state index contributed by atoms with van der Waals surface area (Å²) in [5.41, 5.74) is 6.27. The van der Waals surface area contributed by atoms with Gasteiger partial charge in [-0.3, -0.25) is 0 Å². The minimum absolute atomic E-state index is 0.280. The van der Waals surface area contributed by atoms with Crippen LogP contribution < -0.4 is 5.73 Å². The highest BCUT2D eigenvalue weighted by atomic mass is 19.4. The number of nitrogens with zero attached hydrogens (tertiary/aromatic N) is 3. The molecule has 0 aliphatic heterocycles. The van der Waals surface area contributed by atoms with Crippen LogP contribution in [-0.4, -0.2) is 15.0 Å². The first-order valence-corrected chi connectivity index (χ1v) is 5.59. The van der Waals surface area contributed by atoms with Gasteiger partial charge in [-0.05, 0) is 12.1 Å². The van der Waals surface area contributed by atoms with E-state index in [0.717, 1.165) is 12.4 Å². The fourth-order valence-electron chi connectivity index (χ4n) is 1.22. The van der Waals surface area contributed by atoms with Crippen molar-refractivity contribution < 1.29 is 13.2 Å². The molecule has 2 rings (SSSR count). The number of alkyl halides is 3. The number of pyridine rings is 1. The second-order valence-corrected chi connectivity index (χ2v) is 3.24. The molecular weight excluding hydrogens is 257 g/mol. The SMILES string of the molecule is CC.Nc1cccc(-c2cnc(C(F)(F)F)nc2)n1. The Morgan fingerprint density at radius 2 is 1.63 bits per heavy atom. The molecular formula is C12H13F3N4. The topological polar surface area (TPSA) is 64.7 Å². The fourth-order valence-corrected chi connectivity index (χ4v) is 1.22. The Balaban J connectivity index is 0.000000861. The predicted octanol–water partition coefficient (Wildman–Crippen LogP) is 3.17. The highest BCUT2D eigenvalue weighted by Gasteiger charge is 2.34. The molecule has 0 fully saturated rings. The molecule has 4 nitrogen and oxygen atoms in total.